The van der Waals surface area contributed by atoms with Gasteiger partial charge in [0.15, 0.2) is 0 Å². The molecule has 1 aliphatic rings. The molecule has 0 saturated heterocycles. The summed E-state index contributed by atoms with van der Waals surface area (Å²) >= 11 is 0. The number of hydrogen-bond acceptors (Lipinski definition) is 3. The summed E-state index contributed by atoms with van der Waals surface area (Å²) in [6, 6.07) is 15.0. The van der Waals surface area contributed by atoms with Crippen LogP contribution in [0.15, 0.2) is 48.8 Å². The Bertz CT molecular complexity index is 849. The number of nitrogens with one attached hydrogen (secondary N) is 2. The van der Waals surface area contributed by atoms with Gasteiger partial charge >= 0.3 is 0 Å². The van der Waals surface area contributed by atoms with E-state index in [-0.39, 0.29) is 0 Å². The number of aromatic amines is 1. The van der Waals surface area contributed by atoms with E-state index in [0.29, 0.717) is 6.04 Å². The van der Waals surface area contributed by atoms with Crippen molar-refractivity contribution >= 4 is 11.0 Å². The molecule has 4 heteroatoms. The fourth-order valence-electron chi connectivity index (χ4n) is 4.22. The van der Waals surface area contributed by atoms with Gasteiger partial charge in [0.1, 0.15) is 11.5 Å². The lowest BCUT2D eigenvalue weighted by Crippen LogP contribution is -2.30. The van der Waals surface area contributed by atoms with Crippen molar-refractivity contribution in [2.45, 2.75) is 51.0 Å². The van der Waals surface area contributed by atoms with Gasteiger partial charge in [-0.15, -0.1) is 0 Å². The minimum atomic E-state index is 0.558. The third kappa shape index (κ3) is 4.69. The summed E-state index contributed by atoms with van der Waals surface area (Å²) in [7, 11) is 2.09. The smallest absolute Gasteiger partial charge is 0.129 e. The number of likely N-dealkylation sites (N-methyl/N-ethyl adjacent to an activating group) is 1. The SMILES string of the molecule is CNC(Cc1ccc(Oc2ccc3nc[nH]c3c2)cc1)CC1CCCCC1. The predicted octanol–water partition coefficient (Wildman–Crippen LogP) is 5.46. The second-order valence-electron chi connectivity index (χ2n) is 7.76. The van der Waals surface area contributed by atoms with Crippen molar-refractivity contribution in [1.29, 1.82) is 0 Å². The molecule has 3 aromatic rings. The number of fused-ring (bicyclic) bond motifs is 1. The van der Waals surface area contributed by atoms with Crippen LogP contribution in [0.1, 0.15) is 44.1 Å². The lowest BCUT2D eigenvalue weighted by Gasteiger charge is -2.26. The van der Waals surface area contributed by atoms with Crippen LogP contribution in [0, 0.1) is 5.92 Å². The zero-order chi connectivity index (χ0) is 18.5. The van der Waals surface area contributed by atoms with E-state index in [0.717, 1.165) is 34.9 Å². The topological polar surface area (TPSA) is 49.9 Å². The molecule has 0 radical (unpaired) electrons. The molecule has 1 atom stereocenters. The van der Waals surface area contributed by atoms with Crippen LogP contribution in [0.25, 0.3) is 11.0 Å². The summed E-state index contributed by atoms with van der Waals surface area (Å²) in [5.74, 6) is 2.59. The van der Waals surface area contributed by atoms with Crippen LogP contribution < -0.4 is 10.1 Å². The lowest BCUT2D eigenvalue weighted by molar-refractivity contribution is 0.302. The van der Waals surface area contributed by atoms with E-state index in [1.165, 1.54) is 44.1 Å². The third-order valence-corrected chi connectivity index (χ3v) is 5.78. The van der Waals surface area contributed by atoms with Gasteiger partial charge in [-0.2, -0.15) is 0 Å². The summed E-state index contributed by atoms with van der Waals surface area (Å²) in [5, 5.41) is 3.53. The molecule has 1 heterocycles. The summed E-state index contributed by atoms with van der Waals surface area (Å²) in [4.78, 5) is 7.36. The number of ether oxygens (including phenoxy) is 1. The standard InChI is InChI=1S/C23H29N3O/c1-24-19(13-17-5-3-2-4-6-17)14-18-7-9-20(10-8-18)27-21-11-12-22-23(15-21)26-16-25-22/h7-12,15-17,19,24H,2-6,13-14H2,1H3,(H,25,26). The zero-order valence-electron chi connectivity index (χ0n) is 16.1. The van der Waals surface area contributed by atoms with Gasteiger partial charge in [0, 0.05) is 12.1 Å². The molecule has 1 fully saturated rings. The van der Waals surface area contributed by atoms with Gasteiger partial charge in [-0.3, -0.25) is 0 Å². The second-order valence-corrected chi connectivity index (χ2v) is 7.76. The number of benzene rings is 2. The van der Waals surface area contributed by atoms with Gasteiger partial charge in [-0.25, -0.2) is 4.98 Å². The first-order valence-electron chi connectivity index (χ1n) is 10.2. The van der Waals surface area contributed by atoms with Crippen LogP contribution >= 0.6 is 0 Å². The van der Waals surface area contributed by atoms with E-state index >= 15 is 0 Å². The van der Waals surface area contributed by atoms with Crippen molar-refractivity contribution in [2.75, 3.05) is 7.05 Å². The van der Waals surface area contributed by atoms with Crippen LogP contribution in [0.4, 0.5) is 0 Å². The minimum Gasteiger partial charge on any atom is -0.457 e. The third-order valence-electron chi connectivity index (χ3n) is 5.78. The molecule has 0 aliphatic heterocycles. The Hall–Kier alpha value is -2.33. The van der Waals surface area contributed by atoms with E-state index in [4.69, 9.17) is 4.74 Å². The molecule has 1 saturated carbocycles. The molecule has 2 N–H and O–H groups in total. The Kier molecular flexibility index (Phi) is 5.73. The maximum Gasteiger partial charge on any atom is 0.129 e. The highest BCUT2D eigenvalue weighted by molar-refractivity contribution is 5.76. The molecule has 4 nitrogen and oxygen atoms in total. The normalized spacial score (nSPS) is 16.5. The molecule has 1 unspecified atom stereocenters. The average molecular weight is 364 g/mol. The maximum absolute atomic E-state index is 6.00. The van der Waals surface area contributed by atoms with E-state index < -0.39 is 0 Å². The van der Waals surface area contributed by atoms with Crippen molar-refractivity contribution in [3.8, 4) is 11.5 Å². The van der Waals surface area contributed by atoms with Gasteiger partial charge in [0.25, 0.3) is 0 Å². The minimum absolute atomic E-state index is 0.558. The van der Waals surface area contributed by atoms with Crippen LogP contribution in [0.2, 0.25) is 0 Å². The van der Waals surface area contributed by atoms with E-state index in [9.17, 15) is 0 Å². The van der Waals surface area contributed by atoms with Crippen molar-refractivity contribution < 1.29 is 4.74 Å². The quantitative estimate of drug-likeness (QED) is 0.586. The molecular formula is C23H29N3O. The number of rotatable bonds is 7. The first kappa shape index (κ1) is 18.1. The predicted molar refractivity (Wildman–Crippen MR) is 110 cm³/mol. The highest BCUT2D eigenvalue weighted by Crippen LogP contribution is 2.29. The van der Waals surface area contributed by atoms with Crippen molar-refractivity contribution in [3.63, 3.8) is 0 Å². The first-order chi connectivity index (χ1) is 13.3. The van der Waals surface area contributed by atoms with Gasteiger partial charge in [0.2, 0.25) is 0 Å². The van der Waals surface area contributed by atoms with Crippen LogP contribution in [-0.2, 0) is 6.42 Å². The van der Waals surface area contributed by atoms with Gasteiger partial charge in [-0.05, 0) is 55.6 Å². The molecule has 0 spiro atoms. The largest absolute Gasteiger partial charge is 0.457 e. The molecule has 0 bridgehead atoms. The summed E-state index contributed by atoms with van der Waals surface area (Å²) in [5.41, 5.74) is 3.30. The van der Waals surface area contributed by atoms with Gasteiger partial charge in [0.05, 0.1) is 17.4 Å². The van der Waals surface area contributed by atoms with E-state index in [1.54, 1.807) is 6.33 Å². The molecule has 1 aliphatic carbocycles. The average Bonchev–Trinajstić information content (AvgIpc) is 3.17. The zero-order valence-corrected chi connectivity index (χ0v) is 16.1. The van der Waals surface area contributed by atoms with E-state index in [1.807, 2.05) is 18.2 Å². The molecule has 4 rings (SSSR count). The molecule has 2 aromatic carbocycles. The molecule has 142 valence electrons. The molecule has 27 heavy (non-hydrogen) atoms. The van der Waals surface area contributed by atoms with Crippen LogP contribution in [-0.4, -0.2) is 23.1 Å². The van der Waals surface area contributed by atoms with Crippen LogP contribution in [0.3, 0.4) is 0 Å². The summed E-state index contributed by atoms with van der Waals surface area (Å²) in [6.07, 6.45) is 11.1. The monoisotopic (exact) mass is 363 g/mol. The second kappa shape index (κ2) is 8.57. The summed E-state index contributed by atoms with van der Waals surface area (Å²) in [6.45, 7) is 0. The summed E-state index contributed by atoms with van der Waals surface area (Å²) < 4.78 is 6.00. The van der Waals surface area contributed by atoms with Crippen molar-refractivity contribution in [3.05, 3.63) is 54.4 Å². The van der Waals surface area contributed by atoms with Crippen molar-refractivity contribution in [2.24, 2.45) is 5.92 Å². The molecule has 1 aromatic heterocycles. The number of hydrogen-bond donors (Lipinski definition) is 2. The van der Waals surface area contributed by atoms with Gasteiger partial charge in [-0.1, -0.05) is 44.2 Å². The van der Waals surface area contributed by atoms with Gasteiger partial charge < -0.3 is 15.0 Å². The highest BCUT2D eigenvalue weighted by atomic mass is 16.5. The number of aromatic nitrogens is 2. The fraction of sp³-hybridized carbons (Fsp3) is 0.435. The number of imidazole rings is 1. The van der Waals surface area contributed by atoms with E-state index in [2.05, 4.69) is 46.6 Å². The lowest BCUT2D eigenvalue weighted by atomic mass is 9.83. The Morgan fingerprint density at radius 3 is 2.63 bits per heavy atom. The maximum atomic E-state index is 6.00. The fourth-order valence-corrected chi connectivity index (χ4v) is 4.22. The Balaban J connectivity index is 1.35. The first-order valence-corrected chi connectivity index (χ1v) is 10.2. The highest BCUT2D eigenvalue weighted by Gasteiger charge is 2.18. The Labute approximate surface area is 161 Å². The van der Waals surface area contributed by atoms with Crippen LogP contribution in [0.5, 0.6) is 11.5 Å². The Morgan fingerprint density at radius 1 is 1.07 bits per heavy atom. The van der Waals surface area contributed by atoms with Crippen molar-refractivity contribution in [1.82, 2.24) is 15.3 Å². The number of H-pyrrole nitrogens is 1. The molecule has 0 amide bonds. The number of nitrogens with zero attached hydrogens (tertiary/aromatic N) is 1. The Morgan fingerprint density at radius 2 is 1.85 bits per heavy atom. The molecular weight excluding hydrogens is 334 g/mol.